The molecule has 0 amide bonds. The smallest absolute Gasteiger partial charge is 0.193 e. The summed E-state index contributed by atoms with van der Waals surface area (Å²) in [7, 11) is 0. The third-order valence-electron chi connectivity index (χ3n) is 2.27. The SMILES string of the molecule is CC1(c2ccc(C=O)nc2)OCCO1. The molecule has 2 rings (SSSR count). The molecule has 14 heavy (non-hydrogen) atoms. The van der Waals surface area contributed by atoms with Gasteiger partial charge >= 0.3 is 0 Å². The summed E-state index contributed by atoms with van der Waals surface area (Å²) in [6.45, 7) is 3.02. The minimum atomic E-state index is -0.700. The van der Waals surface area contributed by atoms with Crippen LogP contribution in [0.25, 0.3) is 0 Å². The monoisotopic (exact) mass is 193 g/mol. The van der Waals surface area contributed by atoms with Gasteiger partial charge in [-0.15, -0.1) is 0 Å². The molecule has 2 heterocycles. The van der Waals surface area contributed by atoms with Gasteiger partial charge in [0.15, 0.2) is 12.1 Å². The first-order valence-electron chi connectivity index (χ1n) is 4.44. The highest BCUT2D eigenvalue weighted by Gasteiger charge is 2.33. The lowest BCUT2D eigenvalue weighted by atomic mass is 10.1. The summed E-state index contributed by atoms with van der Waals surface area (Å²) in [5, 5.41) is 0. The first-order valence-corrected chi connectivity index (χ1v) is 4.44. The van der Waals surface area contributed by atoms with Gasteiger partial charge in [0, 0.05) is 11.8 Å². The van der Waals surface area contributed by atoms with Gasteiger partial charge in [0.1, 0.15) is 5.69 Å². The van der Waals surface area contributed by atoms with Crippen LogP contribution < -0.4 is 0 Å². The number of nitrogens with zero attached hydrogens (tertiary/aromatic N) is 1. The second kappa shape index (κ2) is 3.48. The zero-order valence-electron chi connectivity index (χ0n) is 7.90. The molecule has 0 saturated carbocycles. The van der Waals surface area contributed by atoms with Crippen LogP contribution in [0.1, 0.15) is 23.0 Å². The molecule has 1 fully saturated rings. The maximum absolute atomic E-state index is 10.4. The molecular formula is C10H11NO3. The summed E-state index contributed by atoms with van der Waals surface area (Å²) >= 11 is 0. The predicted octanol–water partition coefficient (Wildman–Crippen LogP) is 1.11. The normalized spacial score (nSPS) is 19.5. The molecule has 1 aliphatic rings. The van der Waals surface area contributed by atoms with E-state index < -0.39 is 5.79 Å². The maximum atomic E-state index is 10.4. The van der Waals surface area contributed by atoms with Crippen molar-refractivity contribution in [2.75, 3.05) is 13.2 Å². The minimum absolute atomic E-state index is 0.412. The van der Waals surface area contributed by atoms with Crippen molar-refractivity contribution in [3.05, 3.63) is 29.6 Å². The van der Waals surface area contributed by atoms with Crippen molar-refractivity contribution in [2.45, 2.75) is 12.7 Å². The molecule has 4 heteroatoms. The molecule has 74 valence electrons. The van der Waals surface area contributed by atoms with Gasteiger partial charge < -0.3 is 9.47 Å². The topological polar surface area (TPSA) is 48.4 Å². The van der Waals surface area contributed by atoms with Crippen LogP contribution in [0.2, 0.25) is 0 Å². The van der Waals surface area contributed by atoms with Gasteiger partial charge in [-0.05, 0) is 19.1 Å². The van der Waals surface area contributed by atoms with Crippen LogP contribution >= 0.6 is 0 Å². The van der Waals surface area contributed by atoms with E-state index in [1.807, 2.05) is 6.92 Å². The highest BCUT2D eigenvalue weighted by Crippen LogP contribution is 2.29. The zero-order chi connectivity index (χ0) is 10.0. The molecule has 0 N–H and O–H groups in total. The van der Waals surface area contributed by atoms with Crippen LogP contribution in [-0.2, 0) is 15.3 Å². The summed E-state index contributed by atoms with van der Waals surface area (Å²) in [5.74, 6) is -0.700. The fourth-order valence-electron chi connectivity index (χ4n) is 1.42. The Morgan fingerprint density at radius 2 is 2.14 bits per heavy atom. The van der Waals surface area contributed by atoms with Crippen molar-refractivity contribution in [1.82, 2.24) is 4.98 Å². The molecule has 0 aromatic carbocycles. The summed E-state index contributed by atoms with van der Waals surface area (Å²) < 4.78 is 10.9. The number of hydrogen-bond acceptors (Lipinski definition) is 4. The average Bonchev–Trinajstić information content (AvgIpc) is 2.67. The quantitative estimate of drug-likeness (QED) is 0.660. The first-order chi connectivity index (χ1) is 6.74. The Labute approximate surface area is 81.9 Å². The lowest BCUT2D eigenvalue weighted by Crippen LogP contribution is -2.22. The average molecular weight is 193 g/mol. The standard InChI is InChI=1S/C10H11NO3/c1-10(13-4-5-14-10)8-2-3-9(7-12)11-6-8/h2-3,6-7H,4-5H2,1H3. The zero-order valence-corrected chi connectivity index (χ0v) is 7.90. The minimum Gasteiger partial charge on any atom is -0.344 e. The lowest BCUT2D eigenvalue weighted by Gasteiger charge is -2.21. The van der Waals surface area contributed by atoms with E-state index in [4.69, 9.17) is 9.47 Å². The Kier molecular flexibility index (Phi) is 2.31. The molecule has 0 unspecified atom stereocenters. The number of aromatic nitrogens is 1. The van der Waals surface area contributed by atoms with Crippen LogP contribution in [0.4, 0.5) is 0 Å². The molecule has 1 aromatic heterocycles. The Morgan fingerprint density at radius 1 is 1.43 bits per heavy atom. The van der Waals surface area contributed by atoms with Crippen molar-refractivity contribution in [3.63, 3.8) is 0 Å². The second-order valence-corrected chi connectivity index (χ2v) is 3.23. The van der Waals surface area contributed by atoms with E-state index in [0.29, 0.717) is 25.2 Å². The van der Waals surface area contributed by atoms with Crippen LogP contribution in [0.5, 0.6) is 0 Å². The van der Waals surface area contributed by atoms with E-state index in [-0.39, 0.29) is 0 Å². The molecule has 0 bridgehead atoms. The number of hydrogen-bond donors (Lipinski definition) is 0. The fourth-order valence-corrected chi connectivity index (χ4v) is 1.42. The molecule has 0 radical (unpaired) electrons. The lowest BCUT2D eigenvalue weighted by molar-refractivity contribution is -0.149. The fraction of sp³-hybridized carbons (Fsp3) is 0.400. The van der Waals surface area contributed by atoms with Crippen molar-refractivity contribution in [2.24, 2.45) is 0 Å². The van der Waals surface area contributed by atoms with E-state index in [1.54, 1.807) is 18.3 Å². The molecule has 0 spiro atoms. The number of carbonyl (C=O) groups is 1. The third-order valence-corrected chi connectivity index (χ3v) is 2.27. The summed E-state index contributed by atoms with van der Waals surface area (Å²) in [6.07, 6.45) is 2.32. The van der Waals surface area contributed by atoms with Crippen LogP contribution in [0.15, 0.2) is 18.3 Å². The Hall–Kier alpha value is -1.26. The van der Waals surface area contributed by atoms with E-state index >= 15 is 0 Å². The van der Waals surface area contributed by atoms with E-state index in [1.165, 1.54) is 0 Å². The number of aldehydes is 1. The van der Waals surface area contributed by atoms with Crippen LogP contribution in [0, 0.1) is 0 Å². The number of carbonyl (C=O) groups excluding carboxylic acids is 1. The van der Waals surface area contributed by atoms with E-state index in [2.05, 4.69) is 4.98 Å². The van der Waals surface area contributed by atoms with E-state index in [9.17, 15) is 4.79 Å². The first kappa shape index (κ1) is 9.30. The maximum Gasteiger partial charge on any atom is 0.193 e. The highest BCUT2D eigenvalue weighted by molar-refractivity contribution is 5.71. The molecule has 1 aromatic rings. The van der Waals surface area contributed by atoms with Gasteiger partial charge in [-0.25, -0.2) is 0 Å². The van der Waals surface area contributed by atoms with Gasteiger partial charge in [-0.2, -0.15) is 0 Å². The largest absolute Gasteiger partial charge is 0.344 e. The molecule has 1 saturated heterocycles. The third kappa shape index (κ3) is 1.54. The van der Waals surface area contributed by atoms with Crippen LogP contribution in [-0.4, -0.2) is 24.5 Å². The molecule has 0 aliphatic carbocycles. The number of rotatable bonds is 2. The van der Waals surface area contributed by atoms with Gasteiger partial charge in [0.2, 0.25) is 0 Å². The number of ether oxygens (including phenoxy) is 2. The molecule has 0 atom stereocenters. The van der Waals surface area contributed by atoms with Crippen molar-refractivity contribution in [1.29, 1.82) is 0 Å². The Balaban J connectivity index is 2.27. The second-order valence-electron chi connectivity index (χ2n) is 3.23. The highest BCUT2D eigenvalue weighted by atomic mass is 16.7. The summed E-state index contributed by atoms with van der Waals surface area (Å²) in [5.41, 5.74) is 1.25. The van der Waals surface area contributed by atoms with E-state index in [0.717, 1.165) is 5.56 Å². The van der Waals surface area contributed by atoms with Crippen molar-refractivity contribution < 1.29 is 14.3 Å². The Bertz CT molecular complexity index is 328. The predicted molar refractivity (Wildman–Crippen MR) is 48.9 cm³/mol. The van der Waals surface area contributed by atoms with Crippen molar-refractivity contribution in [3.8, 4) is 0 Å². The summed E-state index contributed by atoms with van der Waals surface area (Å²) in [4.78, 5) is 14.4. The van der Waals surface area contributed by atoms with Gasteiger partial charge in [-0.1, -0.05) is 0 Å². The van der Waals surface area contributed by atoms with Gasteiger partial charge in [-0.3, -0.25) is 9.78 Å². The van der Waals surface area contributed by atoms with Crippen molar-refractivity contribution >= 4 is 6.29 Å². The number of pyridine rings is 1. The van der Waals surface area contributed by atoms with Crippen LogP contribution in [0.3, 0.4) is 0 Å². The molecular weight excluding hydrogens is 182 g/mol. The molecule has 1 aliphatic heterocycles. The summed E-state index contributed by atoms with van der Waals surface area (Å²) in [6, 6.07) is 3.45. The van der Waals surface area contributed by atoms with Gasteiger partial charge in [0.25, 0.3) is 0 Å². The Morgan fingerprint density at radius 3 is 2.64 bits per heavy atom. The van der Waals surface area contributed by atoms with Gasteiger partial charge in [0.05, 0.1) is 13.2 Å². The molecule has 4 nitrogen and oxygen atoms in total.